The lowest BCUT2D eigenvalue weighted by molar-refractivity contribution is 0.0971. The third-order valence-corrected chi connectivity index (χ3v) is 5.58. The van der Waals surface area contributed by atoms with E-state index in [1.54, 1.807) is 0 Å². The lowest BCUT2D eigenvalue weighted by atomic mass is 9.92. The number of carbonyl (C=O) groups is 2. The molecular weight excluding hydrogens is 376 g/mol. The van der Waals surface area contributed by atoms with E-state index < -0.39 is 11.5 Å². The molecule has 0 saturated heterocycles. The molecular formula is C25H24N2O3. The van der Waals surface area contributed by atoms with Crippen LogP contribution >= 0.6 is 0 Å². The molecule has 1 aliphatic carbocycles. The van der Waals surface area contributed by atoms with Crippen molar-refractivity contribution in [3.63, 3.8) is 0 Å². The van der Waals surface area contributed by atoms with Gasteiger partial charge in [0.2, 0.25) is 0 Å². The number of aromatic nitrogens is 1. The summed E-state index contributed by atoms with van der Waals surface area (Å²) in [6.07, 6.45) is 2.66. The largest absolute Gasteiger partial charge is 0.322 e. The molecule has 0 aliphatic heterocycles. The van der Waals surface area contributed by atoms with Crippen LogP contribution in [-0.2, 0) is 12.8 Å². The van der Waals surface area contributed by atoms with Crippen molar-refractivity contribution < 1.29 is 9.59 Å². The fraction of sp³-hybridized carbons (Fsp3) is 0.240. The standard InChI is InChI=1S/C25H24N2O3/c1-3-17-9-11-18(12-10-17)26-24(29)21-15-20-22(5-4-6-23(20)28)27(25(21)30)19-13-7-16(2)8-14-19/h7-15H,3-6H2,1-2H3,(H,26,29). The van der Waals surface area contributed by atoms with Crippen molar-refractivity contribution in [3.05, 3.63) is 92.9 Å². The van der Waals surface area contributed by atoms with Gasteiger partial charge in [-0.1, -0.05) is 36.8 Å². The van der Waals surface area contributed by atoms with E-state index in [-0.39, 0.29) is 11.3 Å². The van der Waals surface area contributed by atoms with Crippen LogP contribution < -0.4 is 10.9 Å². The van der Waals surface area contributed by atoms with Crippen molar-refractivity contribution in [2.24, 2.45) is 0 Å². The summed E-state index contributed by atoms with van der Waals surface area (Å²) >= 11 is 0. The van der Waals surface area contributed by atoms with Crippen LogP contribution in [0.5, 0.6) is 0 Å². The number of rotatable bonds is 4. The Morgan fingerprint density at radius 2 is 1.70 bits per heavy atom. The van der Waals surface area contributed by atoms with Gasteiger partial charge in [0.25, 0.3) is 11.5 Å². The predicted octanol–water partition coefficient (Wildman–Crippen LogP) is 4.48. The van der Waals surface area contributed by atoms with Gasteiger partial charge >= 0.3 is 0 Å². The highest BCUT2D eigenvalue weighted by Gasteiger charge is 2.26. The molecule has 3 aromatic rings. The van der Waals surface area contributed by atoms with E-state index in [2.05, 4.69) is 12.2 Å². The highest BCUT2D eigenvalue weighted by atomic mass is 16.2. The van der Waals surface area contributed by atoms with Crippen LogP contribution in [0.25, 0.3) is 5.69 Å². The monoisotopic (exact) mass is 400 g/mol. The second kappa shape index (κ2) is 8.11. The molecule has 4 rings (SSSR count). The molecule has 1 N–H and O–H groups in total. The number of amides is 1. The Kier molecular flexibility index (Phi) is 5.36. The Hall–Kier alpha value is -3.47. The Bertz CT molecular complexity index is 1170. The summed E-state index contributed by atoms with van der Waals surface area (Å²) in [6, 6.07) is 16.5. The van der Waals surface area contributed by atoms with Gasteiger partial charge in [0, 0.05) is 29.1 Å². The van der Waals surface area contributed by atoms with E-state index in [4.69, 9.17) is 0 Å². The normalized spacial score (nSPS) is 13.1. The predicted molar refractivity (Wildman–Crippen MR) is 118 cm³/mol. The molecule has 0 radical (unpaired) electrons. The van der Waals surface area contributed by atoms with Gasteiger partial charge in [-0.25, -0.2) is 0 Å². The van der Waals surface area contributed by atoms with Crippen molar-refractivity contribution in [3.8, 4) is 5.69 Å². The molecule has 0 saturated carbocycles. The van der Waals surface area contributed by atoms with Gasteiger partial charge in [0.15, 0.2) is 5.78 Å². The minimum absolute atomic E-state index is 0.0239. The maximum atomic E-state index is 13.4. The van der Waals surface area contributed by atoms with Crippen molar-refractivity contribution >= 4 is 17.4 Å². The molecule has 1 aromatic heterocycles. The molecule has 1 heterocycles. The highest BCUT2D eigenvalue weighted by Crippen LogP contribution is 2.24. The molecule has 5 nitrogen and oxygen atoms in total. The molecule has 1 aliphatic rings. The number of hydrogen-bond acceptors (Lipinski definition) is 3. The molecule has 0 unspecified atom stereocenters. The number of hydrogen-bond donors (Lipinski definition) is 1. The van der Waals surface area contributed by atoms with E-state index in [1.165, 1.54) is 10.6 Å². The topological polar surface area (TPSA) is 68.2 Å². The van der Waals surface area contributed by atoms with Crippen LogP contribution in [0, 0.1) is 6.92 Å². The van der Waals surface area contributed by atoms with Crippen LogP contribution in [0.15, 0.2) is 59.4 Å². The van der Waals surface area contributed by atoms with Crippen LogP contribution in [0.2, 0.25) is 0 Å². The molecule has 2 aromatic carbocycles. The number of fused-ring (bicyclic) bond motifs is 1. The van der Waals surface area contributed by atoms with Gasteiger partial charge < -0.3 is 5.32 Å². The molecule has 152 valence electrons. The molecule has 0 spiro atoms. The average Bonchev–Trinajstić information content (AvgIpc) is 2.75. The molecule has 0 fully saturated rings. The van der Waals surface area contributed by atoms with Crippen LogP contribution in [-0.4, -0.2) is 16.3 Å². The Balaban J connectivity index is 1.81. The van der Waals surface area contributed by atoms with Crippen LogP contribution in [0.3, 0.4) is 0 Å². The first-order valence-electron chi connectivity index (χ1n) is 10.3. The number of Topliss-reactive ketones (excluding diaryl/α,β-unsaturated/α-hetero) is 1. The lowest BCUT2D eigenvalue weighted by Crippen LogP contribution is -2.33. The lowest BCUT2D eigenvalue weighted by Gasteiger charge is -2.21. The van der Waals surface area contributed by atoms with Gasteiger partial charge in [-0.2, -0.15) is 0 Å². The number of nitrogens with zero attached hydrogens (tertiary/aromatic N) is 1. The van der Waals surface area contributed by atoms with E-state index in [1.807, 2.05) is 55.5 Å². The Labute approximate surface area is 175 Å². The van der Waals surface area contributed by atoms with Gasteiger partial charge in [-0.05, 0) is 62.1 Å². The fourth-order valence-corrected chi connectivity index (χ4v) is 3.84. The summed E-state index contributed by atoms with van der Waals surface area (Å²) < 4.78 is 1.53. The van der Waals surface area contributed by atoms with Crippen molar-refractivity contribution in [2.45, 2.75) is 39.5 Å². The quantitative estimate of drug-likeness (QED) is 0.702. The number of benzene rings is 2. The van der Waals surface area contributed by atoms with Gasteiger partial charge in [-0.15, -0.1) is 0 Å². The van der Waals surface area contributed by atoms with E-state index in [9.17, 15) is 14.4 Å². The van der Waals surface area contributed by atoms with Gasteiger partial charge in [0.05, 0.1) is 0 Å². The van der Waals surface area contributed by atoms with Crippen LogP contribution in [0.1, 0.15) is 57.3 Å². The third kappa shape index (κ3) is 3.71. The maximum Gasteiger partial charge on any atom is 0.268 e. The maximum absolute atomic E-state index is 13.4. The van der Waals surface area contributed by atoms with Crippen molar-refractivity contribution in [1.29, 1.82) is 0 Å². The zero-order valence-corrected chi connectivity index (χ0v) is 17.2. The average molecular weight is 400 g/mol. The van der Waals surface area contributed by atoms with E-state index >= 15 is 0 Å². The van der Waals surface area contributed by atoms with Crippen molar-refractivity contribution in [2.75, 3.05) is 5.32 Å². The second-order valence-electron chi connectivity index (χ2n) is 7.68. The van der Waals surface area contributed by atoms with E-state index in [0.717, 1.165) is 17.5 Å². The minimum atomic E-state index is -0.508. The van der Waals surface area contributed by atoms with Gasteiger partial charge in [0.1, 0.15) is 5.56 Å². The number of anilines is 1. The number of nitrogens with one attached hydrogen (secondary N) is 1. The van der Waals surface area contributed by atoms with E-state index in [0.29, 0.717) is 41.9 Å². The summed E-state index contributed by atoms with van der Waals surface area (Å²) in [5.41, 5.74) is 4.23. The minimum Gasteiger partial charge on any atom is -0.322 e. The summed E-state index contributed by atoms with van der Waals surface area (Å²) in [7, 11) is 0. The molecule has 1 amide bonds. The third-order valence-electron chi connectivity index (χ3n) is 5.58. The molecule has 30 heavy (non-hydrogen) atoms. The number of aryl methyl sites for hydroxylation is 2. The smallest absolute Gasteiger partial charge is 0.268 e. The zero-order valence-electron chi connectivity index (χ0n) is 17.2. The van der Waals surface area contributed by atoms with Gasteiger partial charge in [-0.3, -0.25) is 19.0 Å². The fourth-order valence-electron chi connectivity index (χ4n) is 3.84. The summed E-state index contributed by atoms with van der Waals surface area (Å²) in [5, 5.41) is 2.80. The van der Waals surface area contributed by atoms with Crippen molar-refractivity contribution in [1.82, 2.24) is 4.57 Å². The Morgan fingerprint density at radius 1 is 1.00 bits per heavy atom. The second-order valence-corrected chi connectivity index (χ2v) is 7.68. The number of ketones is 1. The summed E-state index contributed by atoms with van der Waals surface area (Å²) in [4.78, 5) is 38.9. The summed E-state index contributed by atoms with van der Waals surface area (Å²) in [6.45, 7) is 4.03. The highest BCUT2D eigenvalue weighted by molar-refractivity contribution is 6.06. The number of pyridine rings is 1. The Morgan fingerprint density at radius 3 is 2.37 bits per heavy atom. The molecule has 0 atom stereocenters. The molecule has 5 heteroatoms. The zero-order chi connectivity index (χ0) is 21.3. The first kappa shape index (κ1) is 19.8. The van der Waals surface area contributed by atoms with Crippen LogP contribution in [0.4, 0.5) is 5.69 Å². The number of carbonyl (C=O) groups excluding carboxylic acids is 2. The first-order valence-corrected chi connectivity index (χ1v) is 10.3. The SMILES string of the molecule is CCc1ccc(NC(=O)c2cc3c(n(-c4ccc(C)cc4)c2=O)CCCC3=O)cc1. The molecule has 0 bridgehead atoms. The summed E-state index contributed by atoms with van der Waals surface area (Å²) in [5.74, 6) is -0.537. The first-order chi connectivity index (χ1) is 14.5.